The molecule has 0 aromatic carbocycles. The highest BCUT2D eigenvalue weighted by Gasteiger charge is 2.25. The normalized spacial score (nSPS) is 14.8. The van der Waals surface area contributed by atoms with Crippen LogP contribution < -0.4 is 5.73 Å². The fraction of sp³-hybridized carbons (Fsp3) is 0.556. The van der Waals surface area contributed by atoms with Gasteiger partial charge in [-0.25, -0.2) is 4.57 Å². The Balaban J connectivity index is 4.12. The average Bonchev–Trinajstić information content (AvgIpc) is 2.86. The van der Waals surface area contributed by atoms with Gasteiger partial charge in [-0.3, -0.25) is 18.6 Å². The van der Waals surface area contributed by atoms with Crippen molar-refractivity contribution in [3.8, 4) is 0 Å². The van der Waals surface area contributed by atoms with Gasteiger partial charge in [0.15, 0.2) is 6.10 Å². The van der Waals surface area contributed by atoms with Crippen LogP contribution in [0.4, 0.5) is 0 Å². The molecule has 0 saturated carbocycles. The van der Waals surface area contributed by atoms with Gasteiger partial charge in [-0.2, -0.15) is 0 Å². The molecule has 2 unspecified atom stereocenters. The summed E-state index contributed by atoms with van der Waals surface area (Å²) in [7, 11) is -4.34. The highest BCUT2D eigenvalue weighted by molar-refractivity contribution is 7.47. The van der Waals surface area contributed by atoms with Crippen LogP contribution in [0.25, 0.3) is 0 Å². The largest absolute Gasteiger partial charge is 0.472 e. The van der Waals surface area contributed by atoms with E-state index in [1.807, 2.05) is 12.2 Å². The molecule has 0 bridgehead atoms. The lowest BCUT2D eigenvalue weighted by atomic mass is 10.2. The maximum Gasteiger partial charge on any atom is 0.472 e. The number of allylic oxidation sites excluding steroid dienone is 10. The number of hydrogen-bond donors (Lipinski definition) is 2. The number of phosphoric ester groups is 1. The first-order chi connectivity index (χ1) is 17.8. The Labute approximate surface area is 221 Å². The number of unbranched alkanes of at least 4 members (excludes halogenated alkanes) is 1. The van der Waals surface area contributed by atoms with Crippen molar-refractivity contribution in [1.29, 1.82) is 0 Å². The second-order valence-electron chi connectivity index (χ2n) is 7.90. The number of carbonyl (C=O) groups excluding carboxylic acids is 2. The van der Waals surface area contributed by atoms with E-state index in [1.54, 1.807) is 0 Å². The molecular weight excluding hydrogens is 497 g/mol. The average molecular weight is 542 g/mol. The monoisotopic (exact) mass is 541 g/mol. The SMILES string of the molecule is CC/C=C\C/C=C\C/C=C\C/C=C\C/C=C\CCCC(=O)OC(COC(C)=O)COP(=O)(O)OCCN. The number of esters is 2. The van der Waals surface area contributed by atoms with E-state index in [0.29, 0.717) is 12.8 Å². The summed E-state index contributed by atoms with van der Waals surface area (Å²) < 4.78 is 31.2. The molecule has 0 aromatic rings. The molecule has 0 spiro atoms. The summed E-state index contributed by atoms with van der Waals surface area (Å²) in [6.45, 7) is 2.43. The molecule has 0 heterocycles. The molecule has 0 fully saturated rings. The zero-order valence-corrected chi connectivity index (χ0v) is 23.1. The molecule has 0 amide bonds. The van der Waals surface area contributed by atoms with Crippen molar-refractivity contribution in [2.45, 2.75) is 71.3 Å². The van der Waals surface area contributed by atoms with E-state index in [0.717, 1.165) is 32.1 Å². The highest BCUT2D eigenvalue weighted by atomic mass is 31.2. The number of carbonyl (C=O) groups is 2. The van der Waals surface area contributed by atoms with E-state index >= 15 is 0 Å². The molecule has 3 N–H and O–H groups in total. The maximum absolute atomic E-state index is 12.1. The molecule has 0 aliphatic carbocycles. The summed E-state index contributed by atoms with van der Waals surface area (Å²) >= 11 is 0. The quantitative estimate of drug-likeness (QED) is 0.0791. The van der Waals surface area contributed by atoms with Crippen LogP contribution in [0, 0.1) is 0 Å². The third kappa shape index (κ3) is 25.2. The van der Waals surface area contributed by atoms with Crippen LogP contribution in [0.15, 0.2) is 60.8 Å². The Morgan fingerprint density at radius 1 is 0.865 bits per heavy atom. The third-order valence-corrected chi connectivity index (χ3v) is 5.46. The summed E-state index contributed by atoms with van der Waals surface area (Å²) in [6, 6.07) is 0. The number of nitrogens with two attached hydrogens (primary N) is 1. The minimum Gasteiger partial charge on any atom is -0.462 e. The summed E-state index contributed by atoms with van der Waals surface area (Å²) in [4.78, 5) is 32.7. The molecule has 0 radical (unpaired) electrons. The first kappa shape index (κ1) is 34.7. The Kier molecular flexibility index (Phi) is 22.6. The van der Waals surface area contributed by atoms with Crippen LogP contribution in [0.3, 0.4) is 0 Å². The molecule has 10 heteroatoms. The lowest BCUT2D eigenvalue weighted by Gasteiger charge is -2.19. The molecule has 0 aromatic heterocycles. The second-order valence-corrected chi connectivity index (χ2v) is 9.35. The first-order valence-electron chi connectivity index (χ1n) is 12.7. The van der Waals surface area contributed by atoms with Crippen LogP contribution in [0.2, 0.25) is 0 Å². The molecule has 0 aliphatic heterocycles. The second kappa shape index (κ2) is 24.1. The van der Waals surface area contributed by atoms with Crippen LogP contribution in [0.5, 0.6) is 0 Å². The van der Waals surface area contributed by atoms with Crippen LogP contribution in [-0.2, 0) is 32.7 Å². The fourth-order valence-corrected chi connectivity index (χ4v) is 3.45. The van der Waals surface area contributed by atoms with Gasteiger partial charge in [0.25, 0.3) is 0 Å². The van der Waals surface area contributed by atoms with Crippen molar-refractivity contribution < 1.29 is 37.6 Å². The Hall–Kier alpha value is -2.29. The van der Waals surface area contributed by atoms with E-state index in [9.17, 15) is 19.0 Å². The zero-order chi connectivity index (χ0) is 27.6. The van der Waals surface area contributed by atoms with Crippen molar-refractivity contribution in [3.05, 3.63) is 60.8 Å². The number of hydrogen-bond acceptors (Lipinski definition) is 8. The van der Waals surface area contributed by atoms with Gasteiger partial charge in [-0.05, 0) is 44.9 Å². The Bertz CT molecular complexity index is 804. The smallest absolute Gasteiger partial charge is 0.462 e. The van der Waals surface area contributed by atoms with Crippen molar-refractivity contribution in [3.63, 3.8) is 0 Å². The number of rotatable bonds is 22. The summed E-state index contributed by atoms with van der Waals surface area (Å²) in [5.74, 6) is -1.10. The standard InChI is InChI=1S/C27H44NO8P/c1-3-4-5-6-7-8-9-10-11-12-13-14-15-16-17-18-19-20-27(30)36-26(23-33-25(2)29)24-35-37(31,32)34-22-21-28/h4-5,7-8,10-11,13-14,16-17,26H,3,6,9,12,15,18-24,28H2,1-2H3,(H,31,32)/b5-4-,8-7-,11-10-,14-13-,17-16-. The fourth-order valence-electron chi connectivity index (χ4n) is 2.69. The molecule has 37 heavy (non-hydrogen) atoms. The van der Waals surface area contributed by atoms with Crippen molar-refractivity contribution in [2.75, 3.05) is 26.4 Å². The summed E-state index contributed by atoms with van der Waals surface area (Å²) in [6.07, 6.45) is 26.3. The lowest BCUT2D eigenvalue weighted by molar-refractivity contribution is -0.160. The Morgan fingerprint density at radius 3 is 1.92 bits per heavy atom. The minimum absolute atomic E-state index is 0.0393. The van der Waals surface area contributed by atoms with E-state index in [4.69, 9.17) is 19.7 Å². The number of phosphoric acid groups is 1. The molecular formula is C27H44NO8P. The van der Waals surface area contributed by atoms with Gasteiger partial charge in [0.05, 0.1) is 13.2 Å². The van der Waals surface area contributed by atoms with Crippen molar-refractivity contribution in [2.24, 2.45) is 5.73 Å². The number of ether oxygens (including phenoxy) is 2. The van der Waals surface area contributed by atoms with Gasteiger partial charge < -0.3 is 20.1 Å². The predicted molar refractivity (Wildman–Crippen MR) is 146 cm³/mol. The summed E-state index contributed by atoms with van der Waals surface area (Å²) in [5.41, 5.74) is 5.22. The van der Waals surface area contributed by atoms with Gasteiger partial charge in [0, 0.05) is 19.9 Å². The Morgan fingerprint density at radius 2 is 1.41 bits per heavy atom. The van der Waals surface area contributed by atoms with Crippen LogP contribution in [-0.4, -0.2) is 49.3 Å². The molecule has 0 rings (SSSR count). The minimum atomic E-state index is -4.34. The van der Waals surface area contributed by atoms with Gasteiger partial charge in [-0.15, -0.1) is 0 Å². The van der Waals surface area contributed by atoms with Crippen molar-refractivity contribution in [1.82, 2.24) is 0 Å². The van der Waals surface area contributed by atoms with E-state index in [-0.39, 0.29) is 26.2 Å². The van der Waals surface area contributed by atoms with Crippen molar-refractivity contribution >= 4 is 19.8 Å². The molecule has 210 valence electrons. The maximum atomic E-state index is 12.1. The molecule has 9 nitrogen and oxygen atoms in total. The van der Waals surface area contributed by atoms with E-state index < -0.39 is 32.5 Å². The molecule has 0 saturated heterocycles. The van der Waals surface area contributed by atoms with Gasteiger partial charge >= 0.3 is 19.8 Å². The van der Waals surface area contributed by atoms with Crippen LogP contribution in [0.1, 0.15) is 65.2 Å². The zero-order valence-electron chi connectivity index (χ0n) is 22.2. The van der Waals surface area contributed by atoms with E-state index in [1.165, 1.54) is 6.92 Å². The third-order valence-electron chi connectivity index (χ3n) is 4.48. The molecule has 2 atom stereocenters. The van der Waals surface area contributed by atoms with Gasteiger partial charge in [0.1, 0.15) is 6.61 Å². The topological polar surface area (TPSA) is 134 Å². The van der Waals surface area contributed by atoms with Gasteiger partial charge in [0.2, 0.25) is 0 Å². The first-order valence-corrected chi connectivity index (χ1v) is 14.2. The molecule has 0 aliphatic rings. The van der Waals surface area contributed by atoms with E-state index in [2.05, 4.69) is 60.1 Å². The summed E-state index contributed by atoms with van der Waals surface area (Å²) in [5, 5.41) is 0. The highest BCUT2D eigenvalue weighted by Crippen LogP contribution is 2.43. The van der Waals surface area contributed by atoms with Gasteiger partial charge in [-0.1, -0.05) is 67.7 Å². The van der Waals surface area contributed by atoms with Crippen LogP contribution >= 0.6 is 7.82 Å². The lowest BCUT2D eigenvalue weighted by Crippen LogP contribution is -2.29. The predicted octanol–water partition coefficient (Wildman–Crippen LogP) is 5.48.